The van der Waals surface area contributed by atoms with E-state index < -0.39 is 10.0 Å². The van der Waals surface area contributed by atoms with E-state index in [1.807, 2.05) is 5.38 Å². The molecule has 8 heteroatoms. The molecule has 0 atom stereocenters. The molecular weight excluding hydrogens is 350 g/mol. The van der Waals surface area contributed by atoms with Crippen LogP contribution in [-0.4, -0.2) is 19.9 Å². The van der Waals surface area contributed by atoms with E-state index in [0.29, 0.717) is 17.4 Å². The quantitative estimate of drug-likeness (QED) is 0.797. The van der Waals surface area contributed by atoms with Crippen LogP contribution in [-0.2, 0) is 16.4 Å². The van der Waals surface area contributed by atoms with Crippen LogP contribution >= 0.6 is 27.3 Å². The number of halogens is 1. The first-order chi connectivity index (χ1) is 8.99. The first-order valence-electron chi connectivity index (χ1n) is 5.42. The second kappa shape index (κ2) is 6.00. The number of nitrogens with two attached hydrogens (primary N) is 1. The summed E-state index contributed by atoms with van der Waals surface area (Å²) in [6, 6.07) is 4.74. The lowest BCUT2D eigenvalue weighted by Crippen LogP contribution is -2.26. The summed E-state index contributed by atoms with van der Waals surface area (Å²) in [5.74, 6) is 0. The van der Waals surface area contributed by atoms with E-state index in [0.717, 1.165) is 5.01 Å². The van der Waals surface area contributed by atoms with E-state index in [1.54, 1.807) is 18.3 Å². The minimum absolute atomic E-state index is 0.0843. The molecule has 0 saturated carbocycles. The molecule has 102 valence electrons. The van der Waals surface area contributed by atoms with Crippen molar-refractivity contribution in [2.75, 3.05) is 12.3 Å². The second-order valence-corrected chi connectivity index (χ2v) is 7.39. The van der Waals surface area contributed by atoms with Gasteiger partial charge in [-0.25, -0.2) is 18.1 Å². The van der Waals surface area contributed by atoms with Crippen LogP contribution in [0.25, 0.3) is 0 Å². The number of hydrogen-bond acceptors (Lipinski definition) is 5. The Kier molecular flexibility index (Phi) is 4.56. The molecule has 0 saturated heterocycles. The Morgan fingerprint density at radius 3 is 2.89 bits per heavy atom. The van der Waals surface area contributed by atoms with Crippen LogP contribution in [0.2, 0.25) is 0 Å². The highest BCUT2D eigenvalue weighted by atomic mass is 79.9. The first-order valence-corrected chi connectivity index (χ1v) is 8.58. The zero-order valence-corrected chi connectivity index (χ0v) is 13.1. The summed E-state index contributed by atoms with van der Waals surface area (Å²) in [6.45, 7) is 0.293. The molecule has 2 aromatic rings. The summed E-state index contributed by atoms with van der Waals surface area (Å²) in [7, 11) is -3.59. The second-order valence-electron chi connectivity index (χ2n) is 3.76. The maximum Gasteiger partial charge on any atom is 0.242 e. The van der Waals surface area contributed by atoms with Crippen molar-refractivity contribution in [2.24, 2.45) is 0 Å². The minimum atomic E-state index is -3.59. The molecule has 0 aliphatic heterocycles. The molecule has 0 unspecified atom stereocenters. The number of anilines is 1. The van der Waals surface area contributed by atoms with E-state index in [-0.39, 0.29) is 10.6 Å². The van der Waals surface area contributed by atoms with Crippen molar-refractivity contribution < 1.29 is 8.42 Å². The summed E-state index contributed by atoms with van der Waals surface area (Å²) in [4.78, 5) is 4.18. The average Bonchev–Trinajstić information content (AvgIpc) is 2.85. The number of nitrogens with one attached hydrogen (secondary N) is 1. The molecule has 0 fully saturated rings. The fourth-order valence-corrected chi connectivity index (χ4v) is 3.81. The van der Waals surface area contributed by atoms with Crippen LogP contribution in [0.1, 0.15) is 5.01 Å². The topological polar surface area (TPSA) is 85.1 Å². The Bertz CT molecular complexity index is 657. The van der Waals surface area contributed by atoms with Crippen molar-refractivity contribution in [3.05, 3.63) is 39.3 Å². The number of sulfonamides is 1. The molecule has 1 aromatic heterocycles. The van der Waals surface area contributed by atoms with Gasteiger partial charge in [0.25, 0.3) is 0 Å². The molecule has 1 heterocycles. The van der Waals surface area contributed by atoms with Crippen molar-refractivity contribution in [1.82, 2.24) is 9.71 Å². The van der Waals surface area contributed by atoms with Gasteiger partial charge in [-0.15, -0.1) is 11.3 Å². The zero-order valence-electron chi connectivity index (χ0n) is 9.84. The van der Waals surface area contributed by atoms with Gasteiger partial charge in [-0.3, -0.25) is 0 Å². The summed E-state index contributed by atoms with van der Waals surface area (Å²) in [5, 5.41) is 2.75. The normalized spacial score (nSPS) is 11.6. The molecule has 5 nitrogen and oxygen atoms in total. The summed E-state index contributed by atoms with van der Waals surface area (Å²) >= 11 is 4.73. The van der Waals surface area contributed by atoms with Gasteiger partial charge in [0, 0.05) is 29.0 Å². The summed E-state index contributed by atoms with van der Waals surface area (Å²) < 4.78 is 27.4. The van der Waals surface area contributed by atoms with Crippen LogP contribution < -0.4 is 10.5 Å². The molecule has 1 aromatic carbocycles. The van der Waals surface area contributed by atoms with Crippen LogP contribution in [0.5, 0.6) is 0 Å². The van der Waals surface area contributed by atoms with Crippen LogP contribution in [0.3, 0.4) is 0 Å². The SMILES string of the molecule is Nc1ccc(Br)cc1S(=O)(=O)NCCc1nccs1. The predicted molar refractivity (Wildman–Crippen MR) is 79.6 cm³/mol. The van der Waals surface area contributed by atoms with Gasteiger partial charge in [0.1, 0.15) is 4.90 Å². The minimum Gasteiger partial charge on any atom is -0.398 e. The molecule has 2 rings (SSSR count). The van der Waals surface area contributed by atoms with Gasteiger partial charge >= 0.3 is 0 Å². The third-order valence-electron chi connectivity index (χ3n) is 2.38. The number of benzene rings is 1. The van der Waals surface area contributed by atoms with Crippen LogP contribution in [0.15, 0.2) is 39.1 Å². The van der Waals surface area contributed by atoms with Crippen molar-refractivity contribution in [3.8, 4) is 0 Å². The van der Waals surface area contributed by atoms with E-state index >= 15 is 0 Å². The van der Waals surface area contributed by atoms with Gasteiger partial charge in [-0.1, -0.05) is 15.9 Å². The molecule has 0 aliphatic carbocycles. The monoisotopic (exact) mass is 361 g/mol. The summed E-state index contributed by atoms with van der Waals surface area (Å²) in [5.41, 5.74) is 5.92. The maximum absolute atomic E-state index is 12.1. The third-order valence-corrected chi connectivity index (χ3v) is 5.23. The number of hydrogen-bond donors (Lipinski definition) is 2. The highest BCUT2D eigenvalue weighted by molar-refractivity contribution is 9.10. The van der Waals surface area contributed by atoms with E-state index in [1.165, 1.54) is 17.4 Å². The predicted octanol–water partition coefficient (Wildman–Crippen LogP) is 2.01. The van der Waals surface area contributed by atoms with Crippen molar-refractivity contribution in [3.63, 3.8) is 0 Å². The fourth-order valence-electron chi connectivity index (χ4n) is 1.49. The van der Waals surface area contributed by atoms with Gasteiger partial charge in [0.05, 0.1) is 10.7 Å². The van der Waals surface area contributed by atoms with E-state index in [2.05, 4.69) is 25.6 Å². The summed E-state index contributed by atoms with van der Waals surface area (Å²) in [6.07, 6.45) is 2.26. The van der Waals surface area contributed by atoms with Crippen LogP contribution in [0, 0.1) is 0 Å². The van der Waals surface area contributed by atoms with Gasteiger partial charge in [0.2, 0.25) is 10.0 Å². The lowest BCUT2D eigenvalue weighted by atomic mass is 10.3. The zero-order chi connectivity index (χ0) is 13.9. The third kappa shape index (κ3) is 3.75. The Balaban J connectivity index is 2.07. The van der Waals surface area contributed by atoms with Crippen molar-refractivity contribution in [2.45, 2.75) is 11.3 Å². The lowest BCUT2D eigenvalue weighted by Gasteiger charge is -2.08. The van der Waals surface area contributed by atoms with Crippen molar-refractivity contribution >= 4 is 43.0 Å². The Labute approximate surface area is 124 Å². The number of nitrogens with zero attached hydrogens (tertiary/aromatic N) is 1. The highest BCUT2D eigenvalue weighted by Crippen LogP contribution is 2.22. The van der Waals surface area contributed by atoms with E-state index in [9.17, 15) is 8.42 Å². The average molecular weight is 362 g/mol. The Morgan fingerprint density at radius 1 is 1.42 bits per heavy atom. The molecule has 3 N–H and O–H groups in total. The standard InChI is InChI=1S/C11H12BrN3O2S2/c12-8-1-2-9(13)10(7-8)19(16,17)15-4-3-11-14-5-6-18-11/h1-2,5-7,15H,3-4,13H2. The molecular formula is C11H12BrN3O2S2. The molecule has 0 amide bonds. The molecule has 0 spiro atoms. The molecule has 0 aliphatic rings. The maximum atomic E-state index is 12.1. The first kappa shape index (κ1) is 14.4. The number of rotatable bonds is 5. The van der Waals surface area contributed by atoms with Crippen LogP contribution in [0.4, 0.5) is 5.69 Å². The molecule has 0 bridgehead atoms. The molecule has 0 radical (unpaired) electrons. The lowest BCUT2D eigenvalue weighted by molar-refractivity contribution is 0.582. The van der Waals surface area contributed by atoms with E-state index in [4.69, 9.17) is 5.73 Å². The van der Waals surface area contributed by atoms with Gasteiger partial charge in [-0.05, 0) is 18.2 Å². The number of thiazole rings is 1. The van der Waals surface area contributed by atoms with Crippen molar-refractivity contribution in [1.29, 1.82) is 0 Å². The Hall–Kier alpha value is -0.960. The van der Waals surface area contributed by atoms with Gasteiger partial charge < -0.3 is 5.73 Å². The largest absolute Gasteiger partial charge is 0.398 e. The van der Waals surface area contributed by atoms with Gasteiger partial charge in [-0.2, -0.15) is 0 Å². The smallest absolute Gasteiger partial charge is 0.242 e. The Morgan fingerprint density at radius 2 is 2.21 bits per heavy atom. The number of aromatic nitrogens is 1. The highest BCUT2D eigenvalue weighted by Gasteiger charge is 2.17. The molecule has 19 heavy (non-hydrogen) atoms. The number of nitrogen functional groups attached to an aromatic ring is 1. The fraction of sp³-hybridized carbons (Fsp3) is 0.182. The van der Waals surface area contributed by atoms with Gasteiger partial charge in [0.15, 0.2) is 0 Å².